The second-order valence-corrected chi connectivity index (χ2v) is 5.42. The fourth-order valence-electron chi connectivity index (χ4n) is 2.21. The van der Waals surface area contributed by atoms with Crippen molar-refractivity contribution >= 4 is 11.9 Å². The summed E-state index contributed by atoms with van der Waals surface area (Å²) < 4.78 is 31.6. The van der Waals surface area contributed by atoms with Gasteiger partial charge in [0.2, 0.25) is 0 Å². The predicted molar refractivity (Wildman–Crippen MR) is 71.4 cm³/mol. The van der Waals surface area contributed by atoms with Gasteiger partial charge in [0.25, 0.3) is 5.91 Å². The second-order valence-electron chi connectivity index (χ2n) is 5.42. The van der Waals surface area contributed by atoms with Crippen molar-refractivity contribution in [1.82, 2.24) is 5.32 Å². The molecule has 114 valence electrons. The summed E-state index contributed by atoms with van der Waals surface area (Å²) in [5, 5.41) is 2.59. The molecule has 1 aromatic carbocycles. The summed E-state index contributed by atoms with van der Waals surface area (Å²) in [7, 11) is 0. The molecule has 1 amide bonds. The van der Waals surface area contributed by atoms with E-state index in [9.17, 15) is 18.4 Å². The maximum atomic E-state index is 13.6. The molecule has 0 aliphatic heterocycles. The van der Waals surface area contributed by atoms with Crippen LogP contribution < -0.4 is 5.32 Å². The standard InChI is InChI=1S/C15H17F2NO3/c1-8(2)18-13(19)7-21-15(20)11-6-10(11)9-4-3-5-12(16)14(9)17/h3-5,8,10-11H,6-7H2,1-2H3,(H,18,19)/t10-,11-/m1/s1. The van der Waals surface area contributed by atoms with Gasteiger partial charge in [-0.3, -0.25) is 9.59 Å². The number of carbonyl (C=O) groups is 2. The van der Waals surface area contributed by atoms with Crippen LogP contribution in [0.25, 0.3) is 0 Å². The summed E-state index contributed by atoms with van der Waals surface area (Å²) in [6, 6.07) is 3.86. The first-order valence-corrected chi connectivity index (χ1v) is 6.80. The fourth-order valence-corrected chi connectivity index (χ4v) is 2.21. The van der Waals surface area contributed by atoms with E-state index in [-0.39, 0.29) is 30.0 Å². The number of hydrogen-bond acceptors (Lipinski definition) is 3. The molecule has 1 aromatic rings. The van der Waals surface area contributed by atoms with Gasteiger partial charge in [-0.05, 0) is 31.9 Å². The van der Waals surface area contributed by atoms with E-state index >= 15 is 0 Å². The Hall–Kier alpha value is -1.98. The molecule has 0 saturated heterocycles. The Bertz CT molecular complexity index is 560. The van der Waals surface area contributed by atoms with Crippen LogP contribution in [0.4, 0.5) is 8.78 Å². The summed E-state index contributed by atoms with van der Waals surface area (Å²) in [5.74, 6) is -3.66. The van der Waals surface area contributed by atoms with Crippen LogP contribution in [0.5, 0.6) is 0 Å². The van der Waals surface area contributed by atoms with Crippen LogP contribution in [-0.4, -0.2) is 24.5 Å². The van der Waals surface area contributed by atoms with Gasteiger partial charge in [-0.25, -0.2) is 8.78 Å². The average molecular weight is 297 g/mol. The molecule has 0 spiro atoms. The third kappa shape index (κ3) is 3.77. The maximum absolute atomic E-state index is 13.6. The highest BCUT2D eigenvalue weighted by molar-refractivity contribution is 5.83. The van der Waals surface area contributed by atoms with Crippen LogP contribution in [0.3, 0.4) is 0 Å². The van der Waals surface area contributed by atoms with Gasteiger partial charge < -0.3 is 10.1 Å². The molecule has 1 aliphatic rings. The quantitative estimate of drug-likeness (QED) is 0.847. The van der Waals surface area contributed by atoms with E-state index in [0.717, 1.165) is 6.07 Å². The number of nitrogens with one attached hydrogen (secondary N) is 1. The first-order valence-electron chi connectivity index (χ1n) is 6.80. The molecular formula is C15H17F2NO3. The summed E-state index contributed by atoms with van der Waals surface area (Å²) in [6.07, 6.45) is 0.408. The summed E-state index contributed by atoms with van der Waals surface area (Å²) in [4.78, 5) is 23.1. The van der Waals surface area contributed by atoms with Crippen molar-refractivity contribution in [2.24, 2.45) is 5.92 Å². The molecule has 0 radical (unpaired) electrons. The molecule has 6 heteroatoms. The predicted octanol–water partition coefficient (Wildman–Crippen LogP) is 2.14. The Labute approximate surface area is 121 Å². The van der Waals surface area contributed by atoms with Crippen LogP contribution in [0, 0.1) is 17.6 Å². The zero-order valence-electron chi connectivity index (χ0n) is 11.9. The molecule has 0 heterocycles. The van der Waals surface area contributed by atoms with Crippen LogP contribution in [0.2, 0.25) is 0 Å². The van der Waals surface area contributed by atoms with Crippen LogP contribution in [0.15, 0.2) is 18.2 Å². The lowest BCUT2D eigenvalue weighted by Crippen LogP contribution is -2.34. The van der Waals surface area contributed by atoms with Crippen molar-refractivity contribution in [2.75, 3.05) is 6.61 Å². The van der Waals surface area contributed by atoms with Gasteiger partial charge in [0, 0.05) is 12.0 Å². The van der Waals surface area contributed by atoms with E-state index in [2.05, 4.69) is 5.32 Å². The molecular weight excluding hydrogens is 280 g/mol. The van der Waals surface area contributed by atoms with Crippen molar-refractivity contribution in [3.8, 4) is 0 Å². The lowest BCUT2D eigenvalue weighted by molar-refractivity contribution is -0.150. The van der Waals surface area contributed by atoms with E-state index in [0.29, 0.717) is 6.42 Å². The monoisotopic (exact) mass is 297 g/mol. The van der Waals surface area contributed by atoms with E-state index < -0.39 is 23.5 Å². The fraction of sp³-hybridized carbons (Fsp3) is 0.467. The summed E-state index contributed by atoms with van der Waals surface area (Å²) in [5.41, 5.74) is 0.184. The van der Waals surface area contributed by atoms with Crippen LogP contribution in [-0.2, 0) is 14.3 Å². The van der Waals surface area contributed by atoms with Crippen LogP contribution >= 0.6 is 0 Å². The van der Waals surface area contributed by atoms with E-state index in [1.807, 2.05) is 0 Å². The SMILES string of the molecule is CC(C)NC(=O)COC(=O)[C@@H]1C[C@@H]1c1cccc(F)c1F. The van der Waals surface area contributed by atoms with Gasteiger partial charge in [-0.2, -0.15) is 0 Å². The molecule has 2 atom stereocenters. The van der Waals surface area contributed by atoms with Crippen molar-refractivity contribution in [2.45, 2.75) is 32.2 Å². The van der Waals surface area contributed by atoms with Crippen molar-refractivity contribution in [3.05, 3.63) is 35.4 Å². The highest BCUT2D eigenvalue weighted by Gasteiger charge is 2.46. The number of carbonyl (C=O) groups excluding carboxylic acids is 2. The highest BCUT2D eigenvalue weighted by atomic mass is 19.2. The van der Waals surface area contributed by atoms with Crippen molar-refractivity contribution < 1.29 is 23.1 Å². The number of rotatable bonds is 5. The normalized spacial score (nSPS) is 20.2. The number of hydrogen-bond donors (Lipinski definition) is 1. The molecule has 1 aliphatic carbocycles. The topological polar surface area (TPSA) is 55.4 Å². The summed E-state index contributed by atoms with van der Waals surface area (Å²) in [6.45, 7) is 3.23. The van der Waals surface area contributed by atoms with Gasteiger partial charge in [-0.1, -0.05) is 12.1 Å². The van der Waals surface area contributed by atoms with Gasteiger partial charge in [-0.15, -0.1) is 0 Å². The highest BCUT2D eigenvalue weighted by Crippen LogP contribution is 2.49. The Balaban J connectivity index is 1.87. The average Bonchev–Trinajstić information content (AvgIpc) is 3.18. The first-order chi connectivity index (χ1) is 9.90. The largest absolute Gasteiger partial charge is 0.455 e. The molecule has 1 saturated carbocycles. The zero-order chi connectivity index (χ0) is 15.6. The molecule has 0 bridgehead atoms. The minimum Gasteiger partial charge on any atom is -0.455 e. The van der Waals surface area contributed by atoms with E-state index in [1.165, 1.54) is 12.1 Å². The molecule has 0 aromatic heterocycles. The number of halogens is 2. The number of esters is 1. The van der Waals surface area contributed by atoms with E-state index in [4.69, 9.17) is 4.74 Å². The number of benzene rings is 1. The van der Waals surface area contributed by atoms with Crippen LogP contribution in [0.1, 0.15) is 31.7 Å². The Morgan fingerprint density at radius 2 is 2.10 bits per heavy atom. The Kier molecular flexibility index (Phi) is 4.55. The third-order valence-electron chi connectivity index (χ3n) is 3.27. The van der Waals surface area contributed by atoms with Gasteiger partial charge >= 0.3 is 5.97 Å². The Morgan fingerprint density at radius 3 is 2.76 bits per heavy atom. The van der Waals surface area contributed by atoms with E-state index in [1.54, 1.807) is 13.8 Å². The van der Waals surface area contributed by atoms with Crippen molar-refractivity contribution in [3.63, 3.8) is 0 Å². The minimum atomic E-state index is -0.928. The maximum Gasteiger partial charge on any atom is 0.310 e. The Morgan fingerprint density at radius 1 is 1.38 bits per heavy atom. The number of amides is 1. The first kappa shape index (κ1) is 15.4. The molecule has 1 fully saturated rings. The smallest absolute Gasteiger partial charge is 0.310 e. The minimum absolute atomic E-state index is 0.0359. The summed E-state index contributed by atoms with van der Waals surface area (Å²) >= 11 is 0. The van der Waals surface area contributed by atoms with Gasteiger partial charge in [0.1, 0.15) is 0 Å². The molecule has 1 N–H and O–H groups in total. The molecule has 21 heavy (non-hydrogen) atoms. The zero-order valence-corrected chi connectivity index (χ0v) is 11.9. The van der Waals surface area contributed by atoms with Gasteiger partial charge in [0.05, 0.1) is 5.92 Å². The lowest BCUT2D eigenvalue weighted by atomic mass is 10.1. The molecule has 2 rings (SSSR count). The molecule has 4 nitrogen and oxygen atoms in total. The lowest BCUT2D eigenvalue weighted by Gasteiger charge is -2.09. The third-order valence-corrected chi connectivity index (χ3v) is 3.27. The number of ether oxygens (including phenoxy) is 1. The van der Waals surface area contributed by atoms with Gasteiger partial charge in [0.15, 0.2) is 18.2 Å². The second kappa shape index (κ2) is 6.20. The van der Waals surface area contributed by atoms with Crippen molar-refractivity contribution in [1.29, 1.82) is 0 Å². The molecule has 0 unspecified atom stereocenters.